The Bertz CT molecular complexity index is 582. The third kappa shape index (κ3) is 3.81. The summed E-state index contributed by atoms with van der Waals surface area (Å²) in [6.45, 7) is 4.26. The molecule has 0 aromatic rings. The van der Waals surface area contributed by atoms with Gasteiger partial charge in [0.1, 0.15) is 12.1 Å². The molecule has 0 aliphatic carbocycles. The molecule has 2 amide bonds. The molecule has 7 nitrogen and oxygen atoms in total. The van der Waals surface area contributed by atoms with Crippen LogP contribution in [0.5, 0.6) is 0 Å². The van der Waals surface area contributed by atoms with E-state index in [1.807, 2.05) is 0 Å². The summed E-state index contributed by atoms with van der Waals surface area (Å²) in [6.07, 6.45) is 9.31. The quantitative estimate of drug-likeness (QED) is 0.780. The molecule has 0 aromatic carbocycles. The second-order valence-electron chi connectivity index (χ2n) is 9.12. The van der Waals surface area contributed by atoms with E-state index in [9.17, 15) is 9.59 Å². The number of carbonyl (C=O) groups is 2. The fourth-order valence-corrected chi connectivity index (χ4v) is 5.87. The summed E-state index contributed by atoms with van der Waals surface area (Å²) in [7, 11) is 1.53. The van der Waals surface area contributed by atoms with Crippen LogP contribution in [0.15, 0.2) is 0 Å². The highest BCUT2D eigenvalue weighted by Crippen LogP contribution is 2.41. The molecule has 0 radical (unpaired) electrons. The van der Waals surface area contributed by atoms with Crippen molar-refractivity contribution in [3.05, 3.63) is 0 Å². The summed E-state index contributed by atoms with van der Waals surface area (Å²) in [6, 6.07) is 0.0301. The van der Waals surface area contributed by atoms with Crippen molar-refractivity contribution in [2.45, 2.75) is 75.0 Å². The predicted molar refractivity (Wildman–Crippen MR) is 105 cm³/mol. The zero-order chi connectivity index (χ0) is 19.6. The van der Waals surface area contributed by atoms with Crippen molar-refractivity contribution in [2.24, 2.45) is 0 Å². The first-order valence-corrected chi connectivity index (χ1v) is 11.0. The van der Waals surface area contributed by atoms with E-state index in [-0.39, 0.29) is 30.1 Å². The van der Waals surface area contributed by atoms with Crippen molar-refractivity contribution < 1.29 is 19.1 Å². The Morgan fingerprint density at radius 2 is 1.86 bits per heavy atom. The Kier molecular flexibility index (Phi) is 5.95. The Morgan fingerprint density at radius 3 is 2.57 bits per heavy atom. The summed E-state index contributed by atoms with van der Waals surface area (Å²) in [4.78, 5) is 30.1. The molecule has 4 heterocycles. The van der Waals surface area contributed by atoms with Gasteiger partial charge in [0.2, 0.25) is 11.8 Å². The van der Waals surface area contributed by atoms with Crippen LogP contribution in [0.1, 0.15) is 57.8 Å². The van der Waals surface area contributed by atoms with Gasteiger partial charge in [0.25, 0.3) is 0 Å². The van der Waals surface area contributed by atoms with Crippen LogP contribution < -0.4 is 5.32 Å². The summed E-state index contributed by atoms with van der Waals surface area (Å²) in [5, 5.41) is 3.07. The maximum atomic E-state index is 13.7. The molecule has 1 spiro atoms. The lowest BCUT2D eigenvalue weighted by Gasteiger charge is -2.48. The van der Waals surface area contributed by atoms with E-state index in [0.717, 1.165) is 77.7 Å². The molecule has 2 atom stereocenters. The lowest BCUT2D eigenvalue weighted by atomic mass is 9.81. The minimum atomic E-state index is -0.429. The fraction of sp³-hybridized carbons (Fsp3) is 0.905. The maximum absolute atomic E-state index is 13.7. The molecule has 1 N–H and O–H groups in total. The van der Waals surface area contributed by atoms with Gasteiger partial charge in [-0.15, -0.1) is 0 Å². The largest absolute Gasteiger partial charge is 0.375 e. The summed E-state index contributed by atoms with van der Waals surface area (Å²) < 4.78 is 11.1. The number of likely N-dealkylation sites (tertiary alicyclic amines) is 1. The minimum absolute atomic E-state index is 0.0191. The average molecular weight is 394 g/mol. The summed E-state index contributed by atoms with van der Waals surface area (Å²) in [5.74, 6) is 0.186. The highest BCUT2D eigenvalue weighted by molar-refractivity contribution is 5.87. The van der Waals surface area contributed by atoms with Crippen molar-refractivity contribution in [1.82, 2.24) is 15.1 Å². The molecule has 4 aliphatic heterocycles. The Balaban J connectivity index is 1.42. The number of methoxy groups -OCH3 is 1. The maximum Gasteiger partial charge on any atom is 0.246 e. The number of amides is 2. The second-order valence-corrected chi connectivity index (χ2v) is 9.12. The van der Waals surface area contributed by atoms with Gasteiger partial charge in [-0.3, -0.25) is 14.5 Å². The highest BCUT2D eigenvalue weighted by atomic mass is 16.5. The number of ether oxygens (including phenoxy) is 2. The zero-order valence-electron chi connectivity index (χ0n) is 17.2. The van der Waals surface area contributed by atoms with E-state index in [4.69, 9.17) is 9.47 Å². The monoisotopic (exact) mass is 393 g/mol. The van der Waals surface area contributed by atoms with E-state index in [2.05, 4.69) is 15.1 Å². The molecule has 158 valence electrons. The molecule has 4 rings (SSSR count). The van der Waals surface area contributed by atoms with Crippen LogP contribution in [0, 0.1) is 0 Å². The number of nitrogens with one attached hydrogen (secondary N) is 1. The number of carbonyl (C=O) groups excluding carboxylic acids is 2. The van der Waals surface area contributed by atoms with Crippen molar-refractivity contribution in [3.8, 4) is 0 Å². The molecule has 0 bridgehead atoms. The number of rotatable bonds is 4. The van der Waals surface area contributed by atoms with Crippen molar-refractivity contribution >= 4 is 11.8 Å². The summed E-state index contributed by atoms with van der Waals surface area (Å²) >= 11 is 0. The molecule has 4 saturated heterocycles. The molecule has 28 heavy (non-hydrogen) atoms. The van der Waals surface area contributed by atoms with Crippen LogP contribution in [-0.2, 0) is 19.1 Å². The van der Waals surface area contributed by atoms with Crippen molar-refractivity contribution in [1.29, 1.82) is 0 Å². The average Bonchev–Trinajstić information content (AvgIpc) is 3.08. The number of hydrogen-bond donors (Lipinski definition) is 1. The minimum Gasteiger partial charge on any atom is -0.375 e. The Morgan fingerprint density at radius 1 is 1.07 bits per heavy atom. The van der Waals surface area contributed by atoms with Gasteiger partial charge in [-0.05, 0) is 64.3 Å². The number of nitrogens with zero attached hydrogens (tertiary/aromatic N) is 2. The third-order valence-electron chi connectivity index (χ3n) is 7.33. The van der Waals surface area contributed by atoms with Crippen LogP contribution in [0.25, 0.3) is 0 Å². The first-order valence-electron chi connectivity index (χ1n) is 11.0. The Hall–Kier alpha value is -1.18. The van der Waals surface area contributed by atoms with Gasteiger partial charge >= 0.3 is 0 Å². The number of piperidine rings is 2. The van der Waals surface area contributed by atoms with Crippen LogP contribution >= 0.6 is 0 Å². The third-order valence-corrected chi connectivity index (χ3v) is 7.33. The molecule has 0 unspecified atom stereocenters. The smallest absolute Gasteiger partial charge is 0.246 e. The van der Waals surface area contributed by atoms with Gasteiger partial charge in [-0.25, -0.2) is 0 Å². The number of fused-ring (bicyclic) bond motifs is 1. The van der Waals surface area contributed by atoms with Gasteiger partial charge in [0.05, 0.1) is 5.60 Å². The van der Waals surface area contributed by atoms with E-state index < -0.39 is 5.54 Å². The first kappa shape index (κ1) is 20.1. The van der Waals surface area contributed by atoms with Gasteiger partial charge in [0, 0.05) is 39.4 Å². The molecule has 0 saturated carbocycles. The number of hydrogen-bond acceptors (Lipinski definition) is 5. The molecule has 4 aliphatic rings. The highest BCUT2D eigenvalue weighted by Gasteiger charge is 2.54. The molecule has 4 fully saturated rings. The topological polar surface area (TPSA) is 71.1 Å². The molecule has 0 aromatic heterocycles. The standard InChI is InChI=1S/C21H35N3O4/c1-27-16-18(25)22-17-14-21(7-2-4-10-24(21)15-17)19(26)23-11-8-20(9-12-23)6-3-5-13-28-20/h17H,2-16H2,1H3,(H,22,25)/t17-,21+/m0/s1. The molecular formula is C21H35N3O4. The van der Waals surface area contributed by atoms with E-state index >= 15 is 0 Å². The van der Waals surface area contributed by atoms with Crippen LogP contribution in [0.4, 0.5) is 0 Å². The van der Waals surface area contributed by atoms with Crippen LogP contribution in [0.3, 0.4) is 0 Å². The normalized spacial score (nSPS) is 32.9. The van der Waals surface area contributed by atoms with Gasteiger partial charge in [-0.1, -0.05) is 0 Å². The van der Waals surface area contributed by atoms with Crippen molar-refractivity contribution in [3.63, 3.8) is 0 Å². The van der Waals surface area contributed by atoms with E-state index in [1.54, 1.807) is 0 Å². The lowest BCUT2D eigenvalue weighted by molar-refractivity contribution is -0.154. The SMILES string of the molecule is COCC(=O)N[C@@H]1CN2CCCC[C@]2(C(=O)N2CCC3(CCCCO3)CC2)C1. The van der Waals surface area contributed by atoms with Crippen molar-refractivity contribution in [2.75, 3.05) is 46.5 Å². The van der Waals surface area contributed by atoms with Crippen LogP contribution in [0.2, 0.25) is 0 Å². The van der Waals surface area contributed by atoms with Gasteiger partial charge in [0.15, 0.2) is 0 Å². The van der Waals surface area contributed by atoms with E-state index in [1.165, 1.54) is 20.0 Å². The van der Waals surface area contributed by atoms with Crippen LogP contribution in [-0.4, -0.2) is 85.3 Å². The molecule has 7 heteroatoms. The first-order chi connectivity index (χ1) is 13.6. The Labute approximate surface area is 168 Å². The lowest BCUT2D eigenvalue weighted by Crippen LogP contribution is -2.61. The van der Waals surface area contributed by atoms with Gasteiger partial charge in [-0.2, -0.15) is 0 Å². The van der Waals surface area contributed by atoms with E-state index in [0.29, 0.717) is 0 Å². The summed E-state index contributed by atoms with van der Waals surface area (Å²) in [5.41, 5.74) is -0.410. The van der Waals surface area contributed by atoms with Gasteiger partial charge < -0.3 is 19.7 Å². The second kappa shape index (κ2) is 8.28. The molecular weight excluding hydrogens is 358 g/mol. The fourth-order valence-electron chi connectivity index (χ4n) is 5.87. The predicted octanol–water partition coefficient (Wildman–Crippen LogP) is 1.31. The zero-order valence-corrected chi connectivity index (χ0v) is 17.2.